The highest BCUT2D eigenvalue weighted by Gasteiger charge is 2.13. The maximum atomic E-state index is 13.8. The van der Waals surface area contributed by atoms with Crippen molar-refractivity contribution in [3.05, 3.63) is 59.4 Å². The molecule has 0 radical (unpaired) electrons. The van der Waals surface area contributed by atoms with Crippen LogP contribution in [0.1, 0.15) is 18.1 Å². The highest BCUT2D eigenvalue weighted by molar-refractivity contribution is 5.66. The molecule has 0 saturated heterocycles. The predicted molar refractivity (Wildman–Crippen MR) is 78.2 cm³/mol. The van der Waals surface area contributed by atoms with E-state index in [0.29, 0.717) is 5.56 Å². The van der Waals surface area contributed by atoms with Crippen LogP contribution in [0.2, 0.25) is 0 Å². The molecule has 0 unspecified atom stereocenters. The van der Waals surface area contributed by atoms with Crippen LogP contribution in [-0.4, -0.2) is 6.54 Å². The molecule has 2 aromatic rings. The lowest BCUT2D eigenvalue weighted by atomic mass is 10.1. The van der Waals surface area contributed by atoms with Gasteiger partial charge < -0.3 is 10.6 Å². The summed E-state index contributed by atoms with van der Waals surface area (Å²) >= 11 is 0. The van der Waals surface area contributed by atoms with Crippen LogP contribution in [0.3, 0.4) is 0 Å². The van der Waals surface area contributed by atoms with Crippen molar-refractivity contribution >= 4 is 11.4 Å². The molecule has 0 aliphatic rings. The second-order valence-corrected chi connectivity index (χ2v) is 4.52. The Labute approximate surface area is 113 Å². The van der Waals surface area contributed by atoms with Gasteiger partial charge in [-0.05, 0) is 38.1 Å². The number of benzene rings is 2. The first-order valence-corrected chi connectivity index (χ1v) is 6.49. The quantitative estimate of drug-likeness (QED) is 0.905. The molecule has 0 heterocycles. The molecular weight excluding hydrogens is 239 g/mol. The van der Waals surface area contributed by atoms with E-state index in [4.69, 9.17) is 5.73 Å². The maximum absolute atomic E-state index is 13.8. The van der Waals surface area contributed by atoms with Crippen molar-refractivity contribution in [3.63, 3.8) is 0 Å². The van der Waals surface area contributed by atoms with Gasteiger partial charge in [0.25, 0.3) is 0 Å². The number of nitrogens with two attached hydrogens (primary N) is 1. The van der Waals surface area contributed by atoms with Crippen molar-refractivity contribution in [1.82, 2.24) is 0 Å². The average molecular weight is 258 g/mol. The third-order valence-corrected chi connectivity index (χ3v) is 3.25. The standard InChI is InChI=1S/C16H19FN2/c1-3-19(13-9-7-12(2)8-10-13)16-6-4-5-15(17)14(16)11-18/h4-10H,3,11,18H2,1-2H3. The van der Waals surface area contributed by atoms with Crippen LogP contribution in [0.4, 0.5) is 15.8 Å². The number of nitrogens with zero attached hydrogens (tertiary/aromatic N) is 1. The summed E-state index contributed by atoms with van der Waals surface area (Å²) < 4.78 is 13.8. The van der Waals surface area contributed by atoms with Crippen molar-refractivity contribution in [2.75, 3.05) is 11.4 Å². The minimum atomic E-state index is -0.245. The summed E-state index contributed by atoms with van der Waals surface area (Å²) in [4.78, 5) is 2.07. The molecule has 0 aromatic heterocycles. The number of halogens is 1. The Hall–Kier alpha value is -1.87. The Kier molecular flexibility index (Phi) is 4.17. The molecule has 100 valence electrons. The van der Waals surface area contributed by atoms with E-state index in [-0.39, 0.29) is 12.4 Å². The van der Waals surface area contributed by atoms with Gasteiger partial charge in [-0.2, -0.15) is 0 Å². The van der Waals surface area contributed by atoms with Crippen LogP contribution < -0.4 is 10.6 Å². The first kappa shape index (κ1) is 13.6. The third kappa shape index (κ3) is 2.76. The van der Waals surface area contributed by atoms with Gasteiger partial charge in [0, 0.05) is 30.0 Å². The van der Waals surface area contributed by atoms with Gasteiger partial charge in [-0.15, -0.1) is 0 Å². The zero-order valence-electron chi connectivity index (χ0n) is 11.4. The summed E-state index contributed by atoms with van der Waals surface area (Å²) in [5.41, 5.74) is 9.34. The van der Waals surface area contributed by atoms with Gasteiger partial charge in [0.1, 0.15) is 5.82 Å². The van der Waals surface area contributed by atoms with Crippen molar-refractivity contribution < 1.29 is 4.39 Å². The summed E-state index contributed by atoms with van der Waals surface area (Å²) in [6.45, 7) is 5.06. The van der Waals surface area contributed by atoms with Gasteiger partial charge in [0.15, 0.2) is 0 Å². The fourth-order valence-corrected chi connectivity index (χ4v) is 2.22. The summed E-state index contributed by atoms with van der Waals surface area (Å²) in [5.74, 6) is -0.245. The zero-order valence-corrected chi connectivity index (χ0v) is 11.4. The van der Waals surface area contributed by atoms with E-state index < -0.39 is 0 Å². The predicted octanol–water partition coefficient (Wildman–Crippen LogP) is 3.75. The molecule has 0 saturated carbocycles. The monoisotopic (exact) mass is 258 g/mol. The van der Waals surface area contributed by atoms with E-state index in [0.717, 1.165) is 17.9 Å². The molecule has 2 N–H and O–H groups in total. The molecule has 0 fully saturated rings. The van der Waals surface area contributed by atoms with Crippen molar-refractivity contribution in [1.29, 1.82) is 0 Å². The lowest BCUT2D eigenvalue weighted by Gasteiger charge is -2.26. The fourth-order valence-electron chi connectivity index (χ4n) is 2.22. The number of aryl methyl sites for hydroxylation is 1. The van der Waals surface area contributed by atoms with Crippen LogP contribution in [0, 0.1) is 12.7 Å². The largest absolute Gasteiger partial charge is 0.341 e. The smallest absolute Gasteiger partial charge is 0.129 e. The van der Waals surface area contributed by atoms with Crippen LogP contribution in [0.5, 0.6) is 0 Å². The highest BCUT2D eigenvalue weighted by Crippen LogP contribution is 2.29. The van der Waals surface area contributed by atoms with Gasteiger partial charge in [-0.25, -0.2) is 4.39 Å². The summed E-state index contributed by atoms with van der Waals surface area (Å²) in [6, 6.07) is 13.3. The Morgan fingerprint density at radius 1 is 1.11 bits per heavy atom. The topological polar surface area (TPSA) is 29.3 Å². The van der Waals surface area contributed by atoms with Crippen molar-refractivity contribution in [3.8, 4) is 0 Å². The van der Waals surface area contributed by atoms with Gasteiger partial charge in [-0.1, -0.05) is 23.8 Å². The Morgan fingerprint density at radius 3 is 2.37 bits per heavy atom. The average Bonchev–Trinajstić information content (AvgIpc) is 2.42. The van der Waals surface area contributed by atoms with Crippen molar-refractivity contribution in [2.24, 2.45) is 5.73 Å². The van der Waals surface area contributed by atoms with E-state index in [9.17, 15) is 4.39 Å². The summed E-state index contributed by atoms with van der Waals surface area (Å²) in [5, 5.41) is 0. The highest BCUT2D eigenvalue weighted by atomic mass is 19.1. The first-order valence-electron chi connectivity index (χ1n) is 6.49. The first-order chi connectivity index (χ1) is 9.17. The van der Waals surface area contributed by atoms with E-state index in [1.165, 1.54) is 11.6 Å². The van der Waals surface area contributed by atoms with Crippen molar-refractivity contribution in [2.45, 2.75) is 20.4 Å². The molecule has 2 nitrogen and oxygen atoms in total. The fraction of sp³-hybridized carbons (Fsp3) is 0.250. The molecule has 2 aromatic carbocycles. The Balaban J connectivity index is 2.48. The van der Waals surface area contributed by atoms with Gasteiger partial charge in [0.2, 0.25) is 0 Å². The van der Waals surface area contributed by atoms with E-state index in [1.807, 2.05) is 32.0 Å². The Bertz CT molecular complexity index is 549. The lowest BCUT2D eigenvalue weighted by molar-refractivity contribution is 0.610. The van der Waals surface area contributed by atoms with E-state index in [2.05, 4.69) is 17.0 Å². The van der Waals surface area contributed by atoms with Crippen LogP contribution >= 0.6 is 0 Å². The maximum Gasteiger partial charge on any atom is 0.129 e. The van der Waals surface area contributed by atoms with Gasteiger partial charge >= 0.3 is 0 Å². The minimum Gasteiger partial charge on any atom is -0.341 e. The van der Waals surface area contributed by atoms with E-state index >= 15 is 0 Å². The van der Waals surface area contributed by atoms with Gasteiger partial charge in [0.05, 0.1) is 0 Å². The number of anilines is 2. The molecule has 0 atom stereocenters. The summed E-state index contributed by atoms with van der Waals surface area (Å²) in [7, 11) is 0. The van der Waals surface area contributed by atoms with Crippen LogP contribution in [0.15, 0.2) is 42.5 Å². The lowest BCUT2D eigenvalue weighted by Crippen LogP contribution is -2.19. The number of rotatable bonds is 4. The molecule has 0 bridgehead atoms. The third-order valence-electron chi connectivity index (χ3n) is 3.25. The SMILES string of the molecule is CCN(c1ccc(C)cc1)c1cccc(F)c1CN. The number of hydrogen-bond acceptors (Lipinski definition) is 2. The van der Waals surface area contributed by atoms with Crippen LogP contribution in [-0.2, 0) is 6.54 Å². The Morgan fingerprint density at radius 2 is 1.79 bits per heavy atom. The second-order valence-electron chi connectivity index (χ2n) is 4.52. The molecule has 0 aliphatic carbocycles. The van der Waals surface area contributed by atoms with E-state index in [1.54, 1.807) is 6.07 Å². The van der Waals surface area contributed by atoms with Crippen LogP contribution in [0.25, 0.3) is 0 Å². The molecule has 3 heteroatoms. The molecule has 0 spiro atoms. The molecule has 0 aliphatic heterocycles. The molecule has 2 rings (SSSR count). The zero-order chi connectivity index (χ0) is 13.8. The number of hydrogen-bond donors (Lipinski definition) is 1. The normalized spacial score (nSPS) is 10.5. The summed E-state index contributed by atoms with van der Waals surface area (Å²) in [6.07, 6.45) is 0. The second kappa shape index (κ2) is 5.85. The van der Waals surface area contributed by atoms with Gasteiger partial charge in [-0.3, -0.25) is 0 Å². The minimum absolute atomic E-state index is 0.199. The molecule has 0 amide bonds. The molecular formula is C16H19FN2. The molecule has 19 heavy (non-hydrogen) atoms.